The summed E-state index contributed by atoms with van der Waals surface area (Å²) in [6.07, 6.45) is 5.29. The monoisotopic (exact) mass is 344 g/mol. The van der Waals surface area contributed by atoms with E-state index in [1.165, 1.54) is 12.0 Å². The molecule has 4 rings (SSSR count). The number of carbonyl (C=O) groups is 1. The minimum atomic E-state index is -0.365. The molecule has 0 aromatic heterocycles. The molecule has 0 unspecified atom stereocenters. The molecule has 1 saturated carbocycles. The summed E-state index contributed by atoms with van der Waals surface area (Å²) in [7, 11) is 0. The van der Waals surface area contributed by atoms with Crippen molar-refractivity contribution in [3.05, 3.63) is 35.9 Å². The molecule has 0 atom stereocenters. The number of piperidine rings is 1. The second kappa shape index (κ2) is 7.06. The van der Waals surface area contributed by atoms with Crippen molar-refractivity contribution in [2.24, 2.45) is 0 Å². The summed E-state index contributed by atoms with van der Waals surface area (Å²) < 4.78 is 11.5. The van der Waals surface area contributed by atoms with Gasteiger partial charge in [0.2, 0.25) is 5.91 Å². The Labute approximate surface area is 149 Å². The van der Waals surface area contributed by atoms with Gasteiger partial charge in [0.15, 0.2) is 5.79 Å². The Kier molecular flexibility index (Phi) is 4.80. The lowest BCUT2D eigenvalue weighted by molar-refractivity contribution is -0.185. The Morgan fingerprint density at radius 2 is 1.72 bits per heavy atom. The molecule has 5 heteroatoms. The summed E-state index contributed by atoms with van der Waals surface area (Å²) in [4.78, 5) is 14.6. The average molecular weight is 344 g/mol. The van der Waals surface area contributed by atoms with Crippen molar-refractivity contribution in [2.45, 2.75) is 43.3 Å². The van der Waals surface area contributed by atoms with Crippen LogP contribution in [0.2, 0.25) is 0 Å². The largest absolute Gasteiger partial charge is 0.354 e. The Balaban J connectivity index is 1.25. The van der Waals surface area contributed by atoms with E-state index in [0.717, 1.165) is 45.3 Å². The molecule has 0 bridgehead atoms. The molecule has 2 aliphatic heterocycles. The molecule has 25 heavy (non-hydrogen) atoms. The SMILES string of the molecule is O=C(CN1CCC2(CC1)OCCO2)NCC1(c2ccccc2)CCC1. The van der Waals surface area contributed by atoms with Crippen molar-refractivity contribution < 1.29 is 14.3 Å². The van der Waals surface area contributed by atoms with Crippen LogP contribution in [-0.4, -0.2) is 56.0 Å². The third-order valence-corrected chi connectivity index (χ3v) is 6.12. The molecule has 1 N–H and O–H groups in total. The number of benzene rings is 1. The van der Waals surface area contributed by atoms with E-state index in [1.54, 1.807) is 0 Å². The molecule has 136 valence electrons. The number of ether oxygens (including phenoxy) is 2. The van der Waals surface area contributed by atoms with Crippen molar-refractivity contribution in [3.63, 3.8) is 0 Å². The number of likely N-dealkylation sites (tertiary alicyclic amines) is 1. The van der Waals surface area contributed by atoms with E-state index in [-0.39, 0.29) is 17.1 Å². The Morgan fingerprint density at radius 3 is 2.32 bits per heavy atom. The van der Waals surface area contributed by atoms with Gasteiger partial charge in [-0.1, -0.05) is 36.8 Å². The summed E-state index contributed by atoms with van der Waals surface area (Å²) in [6, 6.07) is 10.6. The zero-order valence-electron chi connectivity index (χ0n) is 14.8. The first-order valence-corrected chi connectivity index (χ1v) is 9.52. The summed E-state index contributed by atoms with van der Waals surface area (Å²) in [6.45, 7) is 4.33. The maximum Gasteiger partial charge on any atom is 0.234 e. The number of rotatable bonds is 5. The average Bonchev–Trinajstić information content (AvgIpc) is 3.05. The first kappa shape index (κ1) is 17.0. The molecule has 2 heterocycles. The van der Waals surface area contributed by atoms with Gasteiger partial charge in [0, 0.05) is 37.9 Å². The van der Waals surface area contributed by atoms with E-state index < -0.39 is 0 Å². The maximum atomic E-state index is 12.4. The number of carbonyl (C=O) groups excluding carboxylic acids is 1. The highest BCUT2D eigenvalue weighted by atomic mass is 16.7. The first-order chi connectivity index (χ1) is 12.2. The molecule has 1 aromatic rings. The summed E-state index contributed by atoms with van der Waals surface area (Å²) in [5.74, 6) is -0.234. The molecule has 1 aromatic carbocycles. The summed E-state index contributed by atoms with van der Waals surface area (Å²) >= 11 is 0. The Hall–Kier alpha value is -1.43. The van der Waals surface area contributed by atoms with Gasteiger partial charge in [-0.2, -0.15) is 0 Å². The Bertz CT molecular complexity index is 584. The zero-order chi connectivity index (χ0) is 17.2. The van der Waals surface area contributed by atoms with Gasteiger partial charge in [0.1, 0.15) is 0 Å². The van der Waals surface area contributed by atoms with E-state index in [2.05, 4.69) is 40.5 Å². The normalized spacial score (nSPS) is 24.8. The van der Waals surface area contributed by atoms with E-state index in [1.807, 2.05) is 0 Å². The quantitative estimate of drug-likeness (QED) is 0.888. The number of nitrogens with zero attached hydrogens (tertiary/aromatic N) is 1. The molecule has 1 spiro atoms. The van der Waals surface area contributed by atoms with Crippen LogP contribution in [0.25, 0.3) is 0 Å². The van der Waals surface area contributed by atoms with Crippen LogP contribution in [0.5, 0.6) is 0 Å². The molecule has 1 aliphatic carbocycles. The van der Waals surface area contributed by atoms with Gasteiger partial charge in [0.05, 0.1) is 19.8 Å². The van der Waals surface area contributed by atoms with Crippen LogP contribution in [0.3, 0.4) is 0 Å². The number of hydrogen-bond acceptors (Lipinski definition) is 4. The minimum absolute atomic E-state index is 0.131. The predicted molar refractivity (Wildman–Crippen MR) is 95.3 cm³/mol. The van der Waals surface area contributed by atoms with E-state index >= 15 is 0 Å². The van der Waals surface area contributed by atoms with Crippen molar-refractivity contribution in [1.29, 1.82) is 0 Å². The van der Waals surface area contributed by atoms with Gasteiger partial charge in [-0.05, 0) is 18.4 Å². The zero-order valence-corrected chi connectivity index (χ0v) is 14.8. The summed E-state index contributed by atoms with van der Waals surface area (Å²) in [5, 5.41) is 3.19. The standard InChI is InChI=1S/C20H28N2O3/c23-18(15-22-11-9-20(10-12-22)24-13-14-25-20)21-16-19(7-4-8-19)17-5-2-1-3-6-17/h1-3,5-6H,4,7-16H2,(H,21,23). The molecule has 2 saturated heterocycles. The van der Waals surface area contributed by atoms with Crippen molar-refractivity contribution in [1.82, 2.24) is 10.2 Å². The van der Waals surface area contributed by atoms with Crippen LogP contribution in [0.1, 0.15) is 37.7 Å². The third-order valence-electron chi connectivity index (χ3n) is 6.12. The number of amides is 1. The van der Waals surface area contributed by atoms with Gasteiger partial charge < -0.3 is 14.8 Å². The van der Waals surface area contributed by atoms with Gasteiger partial charge in [-0.25, -0.2) is 0 Å². The van der Waals surface area contributed by atoms with Crippen molar-refractivity contribution in [3.8, 4) is 0 Å². The van der Waals surface area contributed by atoms with Crippen LogP contribution in [0, 0.1) is 0 Å². The van der Waals surface area contributed by atoms with Crippen LogP contribution in [0.4, 0.5) is 0 Å². The molecule has 5 nitrogen and oxygen atoms in total. The fraction of sp³-hybridized carbons (Fsp3) is 0.650. The molecule has 3 aliphatic rings. The van der Waals surface area contributed by atoms with Gasteiger partial charge >= 0.3 is 0 Å². The van der Waals surface area contributed by atoms with Crippen LogP contribution >= 0.6 is 0 Å². The van der Waals surface area contributed by atoms with Crippen LogP contribution < -0.4 is 5.32 Å². The lowest BCUT2D eigenvalue weighted by atomic mass is 9.64. The van der Waals surface area contributed by atoms with Crippen molar-refractivity contribution in [2.75, 3.05) is 39.4 Å². The highest BCUT2D eigenvalue weighted by molar-refractivity contribution is 5.78. The maximum absolute atomic E-state index is 12.4. The summed E-state index contributed by atoms with van der Waals surface area (Å²) in [5.41, 5.74) is 1.51. The topological polar surface area (TPSA) is 50.8 Å². The molecular formula is C20H28N2O3. The predicted octanol–water partition coefficient (Wildman–Crippen LogP) is 2.06. The Morgan fingerprint density at radius 1 is 1.04 bits per heavy atom. The highest BCUT2D eigenvalue weighted by Gasteiger charge is 2.41. The molecule has 0 radical (unpaired) electrons. The third kappa shape index (κ3) is 3.59. The molecule has 3 fully saturated rings. The first-order valence-electron chi connectivity index (χ1n) is 9.52. The highest BCUT2D eigenvalue weighted by Crippen LogP contribution is 2.43. The second-order valence-electron chi connectivity index (χ2n) is 7.66. The number of hydrogen-bond donors (Lipinski definition) is 1. The second-order valence-corrected chi connectivity index (χ2v) is 7.66. The lowest BCUT2D eigenvalue weighted by Gasteiger charge is -2.43. The van der Waals surface area contributed by atoms with E-state index in [0.29, 0.717) is 19.8 Å². The van der Waals surface area contributed by atoms with Crippen LogP contribution in [-0.2, 0) is 19.7 Å². The smallest absolute Gasteiger partial charge is 0.234 e. The fourth-order valence-electron chi connectivity index (χ4n) is 4.33. The van der Waals surface area contributed by atoms with Crippen molar-refractivity contribution >= 4 is 5.91 Å². The van der Waals surface area contributed by atoms with E-state index in [9.17, 15) is 4.79 Å². The lowest BCUT2D eigenvalue weighted by Crippen LogP contribution is -2.50. The van der Waals surface area contributed by atoms with Gasteiger partial charge in [0.25, 0.3) is 0 Å². The van der Waals surface area contributed by atoms with E-state index in [4.69, 9.17) is 9.47 Å². The number of nitrogens with one attached hydrogen (secondary N) is 1. The van der Waals surface area contributed by atoms with Gasteiger partial charge in [-0.15, -0.1) is 0 Å². The minimum Gasteiger partial charge on any atom is -0.354 e. The molecular weight excluding hydrogens is 316 g/mol. The fourth-order valence-corrected chi connectivity index (χ4v) is 4.33. The molecule has 1 amide bonds. The van der Waals surface area contributed by atoms with Crippen LogP contribution in [0.15, 0.2) is 30.3 Å². The van der Waals surface area contributed by atoms with Gasteiger partial charge in [-0.3, -0.25) is 9.69 Å².